The Morgan fingerprint density at radius 2 is 2.16 bits per heavy atom. The van der Waals surface area contributed by atoms with Gasteiger partial charge in [0.25, 0.3) is 0 Å². The van der Waals surface area contributed by atoms with Crippen molar-refractivity contribution in [3.63, 3.8) is 0 Å². The smallest absolute Gasteiger partial charge is 0.0946 e. The van der Waals surface area contributed by atoms with Crippen LogP contribution in [0.5, 0.6) is 0 Å². The Morgan fingerprint density at radius 3 is 2.84 bits per heavy atom. The number of aromatic nitrogens is 2. The summed E-state index contributed by atoms with van der Waals surface area (Å²) in [6.07, 6.45) is 12.8. The average molecular weight is 281 g/mol. The number of rotatable bonds is 8. The van der Waals surface area contributed by atoms with Gasteiger partial charge in [0.05, 0.1) is 6.33 Å². The monoisotopic (exact) mass is 281 g/mol. The highest BCUT2D eigenvalue weighted by Gasteiger charge is 2.19. The van der Waals surface area contributed by atoms with Crippen molar-refractivity contribution in [1.82, 2.24) is 14.9 Å². The second-order valence-corrected chi connectivity index (χ2v) is 7.49. The molecule has 2 rings (SSSR count). The van der Waals surface area contributed by atoms with Gasteiger partial charge >= 0.3 is 0 Å². The van der Waals surface area contributed by atoms with Crippen molar-refractivity contribution in [3.8, 4) is 0 Å². The molecule has 1 aliphatic rings. The summed E-state index contributed by atoms with van der Waals surface area (Å²) in [6.45, 7) is 6.73. The van der Waals surface area contributed by atoms with Gasteiger partial charge in [0.2, 0.25) is 0 Å². The normalized spacial score (nSPS) is 19.7. The van der Waals surface area contributed by atoms with Crippen molar-refractivity contribution in [3.05, 3.63) is 18.7 Å². The van der Waals surface area contributed by atoms with E-state index >= 15 is 0 Å². The highest BCUT2D eigenvalue weighted by molar-refractivity contribution is 8.00. The third-order valence-corrected chi connectivity index (χ3v) is 5.35. The molecule has 0 radical (unpaired) electrons. The first kappa shape index (κ1) is 14.9. The molecule has 0 bridgehead atoms. The topological polar surface area (TPSA) is 29.9 Å². The molecular weight excluding hydrogens is 254 g/mol. The van der Waals surface area contributed by atoms with Gasteiger partial charge < -0.3 is 9.88 Å². The fourth-order valence-corrected chi connectivity index (χ4v) is 4.51. The zero-order valence-electron chi connectivity index (χ0n) is 12.2. The highest BCUT2D eigenvalue weighted by atomic mass is 32.2. The van der Waals surface area contributed by atoms with Crippen molar-refractivity contribution >= 4 is 11.8 Å². The minimum Gasteiger partial charge on any atom is -0.336 e. The maximum atomic E-state index is 4.06. The lowest BCUT2D eigenvalue weighted by molar-refractivity contribution is 0.489. The van der Waals surface area contributed by atoms with Crippen LogP contribution in [0.1, 0.15) is 46.0 Å². The number of nitrogens with one attached hydrogen (secondary N) is 1. The van der Waals surface area contributed by atoms with Gasteiger partial charge in [-0.3, -0.25) is 0 Å². The molecule has 1 aromatic heterocycles. The molecule has 1 fully saturated rings. The Balaban J connectivity index is 1.56. The average Bonchev–Trinajstić information content (AvgIpc) is 3.01. The molecule has 0 spiro atoms. The van der Waals surface area contributed by atoms with E-state index < -0.39 is 0 Å². The third-order valence-electron chi connectivity index (χ3n) is 3.83. The molecule has 0 aliphatic heterocycles. The maximum absolute atomic E-state index is 4.06. The van der Waals surface area contributed by atoms with Gasteiger partial charge in [-0.1, -0.05) is 19.8 Å². The van der Waals surface area contributed by atoms with Gasteiger partial charge in [0.15, 0.2) is 0 Å². The Bertz CT molecular complexity index is 333. The molecule has 19 heavy (non-hydrogen) atoms. The van der Waals surface area contributed by atoms with Gasteiger partial charge in [-0.05, 0) is 26.2 Å². The van der Waals surface area contributed by atoms with Crippen molar-refractivity contribution in [2.24, 2.45) is 0 Å². The maximum Gasteiger partial charge on any atom is 0.0946 e. The summed E-state index contributed by atoms with van der Waals surface area (Å²) in [5.41, 5.74) is 0. The Labute approximate surface area is 121 Å². The molecule has 4 heteroatoms. The van der Waals surface area contributed by atoms with E-state index in [-0.39, 0.29) is 0 Å². The fourth-order valence-electron chi connectivity index (χ4n) is 2.85. The second-order valence-electron chi connectivity index (χ2n) is 5.74. The number of thioether (sulfide) groups is 1. The summed E-state index contributed by atoms with van der Waals surface area (Å²) in [5.74, 6) is 0. The van der Waals surface area contributed by atoms with Crippen molar-refractivity contribution in [2.45, 2.75) is 69.0 Å². The lowest BCUT2D eigenvalue weighted by Crippen LogP contribution is -2.31. The minimum atomic E-state index is 0.604. The van der Waals surface area contributed by atoms with Gasteiger partial charge in [0, 0.05) is 42.0 Å². The van der Waals surface area contributed by atoms with E-state index in [1.165, 1.54) is 32.1 Å². The van der Waals surface area contributed by atoms with Crippen LogP contribution in [0, 0.1) is 0 Å². The summed E-state index contributed by atoms with van der Waals surface area (Å²) in [6, 6.07) is 0.604. The Kier molecular flexibility index (Phi) is 6.24. The first-order valence-electron chi connectivity index (χ1n) is 7.58. The predicted octanol–water partition coefficient (Wildman–Crippen LogP) is 3.32. The number of hydrogen-bond donors (Lipinski definition) is 1. The standard InChI is InChI=1S/C15H27N3S/c1-13(17-8-10-18-9-7-16-12-18)11-14(2)19-15-5-3-4-6-15/h7,9,12-15,17H,3-6,8,10-11H2,1-2H3. The van der Waals surface area contributed by atoms with Crippen LogP contribution in [0.15, 0.2) is 18.7 Å². The third kappa shape index (κ3) is 5.57. The fraction of sp³-hybridized carbons (Fsp3) is 0.800. The molecule has 1 aliphatic carbocycles. The van der Waals surface area contributed by atoms with Gasteiger partial charge in [-0.15, -0.1) is 0 Å². The minimum absolute atomic E-state index is 0.604. The van der Waals surface area contributed by atoms with Crippen molar-refractivity contribution in [1.29, 1.82) is 0 Å². The van der Waals surface area contributed by atoms with Gasteiger partial charge in [0.1, 0.15) is 0 Å². The number of hydrogen-bond acceptors (Lipinski definition) is 3. The molecule has 1 aromatic rings. The van der Waals surface area contributed by atoms with Crippen molar-refractivity contribution < 1.29 is 0 Å². The van der Waals surface area contributed by atoms with E-state index in [1.807, 2.05) is 18.7 Å². The zero-order valence-corrected chi connectivity index (χ0v) is 13.0. The molecule has 108 valence electrons. The van der Waals surface area contributed by atoms with Crippen LogP contribution in [0.3, 0.4) is 0 Å². The van der Waals surface area contributed by atoms with Gasteiger partial charge in [-0.2, -0.15) is 11.8 Å². The first-order chi connectivity index (χ1) is 9.24. The van der Waals surface area contributed by atoms with E-state index in [2.05, 4.69) is 40.5 Å². The summed E-state index contributed by atoms with van der Waals surface area (Å²) in [7, 11) is 0. The molecule has 2 atom stereocenters. The SMILES string of the molecule is CC(CC(C)SC1CCCC1)NCCn1ccnc1. The molecule has 0 saturated heterocycles. The van der Waals surface area contributed by atoms with Crippen LogP contribution < -0.4 is 5.32 Å². The first-order valence-corrected chi connectivity index (χ1v) is 8.53. The molecular formula is C15H27N3S. The zero-order chi connectivity index (χ0) is 13.5. The van der Waals surface area contributed by atoms with Crippen molar-refractivity contribution in [2.75, 3.05) is 6.54 Å². The predicted molar refractivity (Wildman–Crippen MR) is 83.6 cm³/mol. The lowest BCUT2D eigenvalue weighted by atomic mass is 10.2. The van der Waals surface area contributed by atoms with E-state index in [0.717, 1.165) is 23.6 Å². The summed E-state index contributed by atoms with van der Waals surface area (Å²) in [4.78, 5) is 4.06. The van der Waals surface area contributed by atoms with Crippen LogP contribution >= 0.6 is 11.8 Å². The summed E-state index contributed by atoms with van der Waals surface area (Å²) >= 11 is 2.21. The van der Waals surface area contributed by atoms with E-state index in [1.54, 1.807) is 0 Å². The van der Waals surface area contributed by atoms with Crippen LogP contribution in [-0.2, 0) is 6.54 Å². The van der Waals surface area contributed by atoms with Gasteiger partial charge in [-0.25, -0.2) is 4.98 Å². The van der Waals surface area contributed by atoms with Crippen LogP contribution in [0.4, 0.5) is 0 Å². The quantitative estimate of drug-likeness (QED) is 0.793. The van der Waals surface area contributed by atoms with E-state index in [4.69, 9.17) is 0 Å². The molecule has 1 saturated carbocycles. The molecule has 2 unspecified atom stereocenters. The molecule has 1 N–H and O–H groups in total. The molecule has 0 aromatic carbocycles. The lowest BCUT2D eigenvalue weighted by Gasteiger charge is -2.21. The van der Waals surface area contributed by atoms with E-state index in [0.29, 0.717) is 6.04 Å². The molecule has 0 amide bonds. The Hall–Kier alpha value is -0.480. The number of nitrogens with zero attached hydrogens (tertiary/aromatic N) is 2. The van der Waals surface area contributed by atoms with Crippen LogP contribution in [0.2, 0.25) is 0 Å². The Morgan fingerprint density at radius 1 is 1.37 bits per heavy atom. The molecule has 1 heterocycles. The van der Waals surface area contributed by atoms with Crippen LogP contribution in [-0.4, -0.2) is 32.6 Å². The summed E-state index contributed by atoms with van der Waals surface area (Å²) in [5, 5.41) is 5.33. The second kappa shape index (κ2) is 7.95. The largest absolute Gasteiger partial charge is 0.336 e. The summed E-state index contributed by atoms with van der Waals surface area (Å²) < 4.78 is 2.12. The highest BCUT2D eigenvalue weighted by Crippen LogP contribution is 2.33. The number of imidazole rings is 1. The van der Waals surface area contributed by atoms with E-state index in [9.17, 15) is 0 Å². The van der Waals surface area contributed by atoms with Crippen LogP contribution in [0.25, 0.3) is 0 Å². The molecule has 3 nitrogen and oxygen atoms in total.